The molecule has 0 heterocycles. The number of benzene rings is 1. The quantitative estimate of drug-likeness (QED) is 0.863. The van der Waals surface area contributed by atoms with Gasteiger partial charge in [-0.15, -0.1) is 0 Å². The molecule has 0 radical (unpaired) electrons. The number of rotatable bonds is 5. The summed E-state index contributed by atoms with van der Waals surface area (Å²) >= 11 is 5.67. The van der Waals surface area contributed by atoms with Gasteiger partial charge in [0, 0.05) is 11.6 Å². The zero-order valence-electron chi connectivity index (χ0n) is 9.31. The molecular weight excluding hydrogens is 268 g/mol. The first-order valence-corrected chi connectivity index (χ1v) is 5.50. The number of nitrogens with zero attached hydrogens (tertiary/aromatic N) is 1. The minimum absolute atomic E-state index is 0.170. The SMILES string of the molecule is O=C(c1cc(Cl)ccc1O)N(CCO)CC(F)F. The largest absolute Gasteiger partial charge is 0.507 e. The first kappa shape index (κ1) is 14.7. The average Bonchev–Trinajstić information content (AvgIpc) is 2.30. The number of hydrogen-bond donors (Lipinski definition) is 2. The van der Waals surface area contributed by atoms with Crippen molar-refractivity contribution in [1.29, 1.82) is 0 Å². The molecule has 0 saturated carbocycles. The first-order valence-electron chi connectivity index (χ1n) is 5.12. The number of carbonyl (C=O) groups excluding carboxylic acids is 1. The van der Waals surface area contributed by atoms with Crippen LogP contribution in [0.3, 0.4) is 0 Å². The molecule has 0 spiro atoms. The Labute approximate surface area is 107 Å². The number of halogens is 3. The zero-order valence-corrected chi connectivity index (χ0v) is 10.1. The van der Waals surface area contributed by atoms with Crippen LogP contribution in [0.4, 0.5) is 8.78 Å². The van der Waals surface area contributed by atoms with E-state index in [9.17, 15) is 18.7 Å². The van der Waals surface area contributed by atoms with E-state index in [-0.39, 0.29) is 22.9 Å². The van der Waals surface area contributed by atoms with Gasteiger partial charge in [0.25, 0.3) is 12.3 Å². The number of amides is 1. The Hall–Kier alpha value is -1.40. The van der Waals surface area contributed by atoms with Crippen LogP contribution in [-0.4, -0.2) is 47.1 Å². The van der Waals surface area contributed by atoms with Gasteiger partial charge in [0.2, 0.25) is 0 Å². The molecule has 1 aromatic carbocycles. The van der Waals surface area contributed by atoms with Crippen LogP contribution in [0.25, 0.3) is 0 Å². The lowest BCUT2D eigenvalue weighted by molar-refractivity contribution is 0.0506. The van der Waals surface area contributed by atoms with Crippen molar-refractivity contribution in [2.24, 2.45) is 0 Å². The molecule has 0 aliphatic carbocycles. The highest BCUT2D eigenvalue weighted by Crippen LogP contribution is 2.23. The number of phenols is 1. The first-order chi connectivity index (χ1) is 8.45. The van der Waals surface area contributed by atoms with Crippen LogP contribution in [-0.2, 0) is 0 Å². The second-order valence-electron chi connectivity index (χ2n) is 3.53. The van der Waals surface area contributed by atoms with E-state index in [0.29, 0.717) is 0 Å². The summed E-state index contributed by atoms with van der Waals surface area (Å²) < 4.78 is 24.6. The molecule has 0 atom stereocenters. The maximum absolute atomic E-state index is 12.3. The number of aliphatic hydroxyl groups excluding tert-OH is 1. The zero-order chi connectivity index (χ0) is 13.7. The molecule has 0 fully saturated rings. The number of aromatic hydroxyl groups is 1. The molecule has 0 bridgehead atoms. The van der Waals surface area contributed by atoms with Crippen molar-refractivity contribution < 1.29 is 23.8 Å². The highest BCUT2D eigenvalue weighted by atomic mass is 35.5. The molecule has 1 rings (SSSR count). The maximum atomic E-state index is 12.3. The Kier molecular flexibility index (Phi) is 5.30. The van der Waals surface area contributed by atoms with E-state index >= 15 is 0 Å². The molecule has 7 heteroatoms. The van der Waals surface area contributed by atoms with Crippen LogP contribution in [0.1, 0.15) is 10.4 Å². The molecule has 1 aromatic rings. The van der Waals surface area contributed by atoms with Crippen LogP contribution in [0, 0.1) is 0 Å². The van der Waals surface area contributed by atoms with Gasteiger partial charge in [-0.3, -0.25) is 4.79 Å². The van der Waals surface area contributed by atoms with Crippen molar-refractivity contribution in [3.8, 4) is 5.75 Å². The van der Waals surface area contributed by atoms with Crippen molar-refractivity contribution in [3.63, 3.8) is 0 Å². The monoisotopic (exact) mass is 279 g/mol. The fourth-order valence-electron chi connectivity index (χ4n) is 1.41. The van der Waals surface area contributed by atoms with Gasteiger partial charge in [0.05, 0.1) is 18.7 Å². The fraction of sp³-hybridized carbons (Fsp3) is 0.364. The van der Waals surface area contributed by atoms with Gasteiger partial charge < -0.3 is 15.1 Å². The third kappa shape index (κ3) is 3.82. The fourth-order valence-corrected chi connectivity index (χ4v) is 1.59. The summed E-state index contributed by atoms with van der Waals surface area (Å²) in [5.74, 6) is -1.15. The average molecular weight is 280 g/mol. The normalized spacial score (nSPS) is 10.7. The summed E-state index contributed by atoms with van der Waals surface area (Å²) in [5, 5.41) is 18.4. The van der Waals surface area contributed by atoms with E-state index in [2.05, 4.69) is 0 Å². The van der Waals surface area contributed by atoms with Crippen molar-refractivity contribution in [2.45, 2.75) is 6.43 Å². The predicted molar refractivity (Wildman–Crippen MR) is 62.1 cm³/mol. The highest BCUT2D eigenvalue weighted by molar-refractivity contribution is 6.31. The lowest BCUT2D eigenvalue weighted by Crippen LogP contribution is -2.37. The van der Waals surface area contributed by atoms with E-state index in [1.54, 1.807) is 0 Å². The standard InChI is InChI=1S/C11H12ClF2NO3/c12-7-1-2-9(17)8(5-7)11(18)15(3-4-16)6-10(13)14/h1-2,5,10,16-17H,3-4,6H2. The molecule has 18 heavy (non-hydrogen) atoms. The predicted octanol–water partition coefficient (Wildman–Crippen LogP) is 1.75. The lowest BCUT2D eigenvalue weighted by Gasteiger charge is -2.21. The van der Waals surface area contributed by atoms with Crippen molar-refractivity contribution >= 4 is 17.5 Å². The molecule has 0 unspecified atom stereocenters. The summed E-state index contributed by atoms with van der Waals surface area (Å²) in [6.45, 7) is -1.50. The van der Waals surface area contributed by atoms with Gasteiger partial charge in [-0.1, -0.05) is 11.6 Å². The minimum atomic E-state index is -2.72. The van der Waals surface area contributed by atoms with E-state index < -0.39 is 25.5 Å². The summed E-state index contributed by atoms with van der Waals surface area (Å²) in [5.41, 5.74) is -0.170. The molecular formula is C11H12ClF2NO3. The van der Waals surface area contributed by atoms with Gasteiger partial charge in [0.1, 0.15) is 5.75 Å². The second-order valence-corrected chi connectivity index (χ2v) is 3.96. The van der Waals surface area contributed by atoms with Gasteiger partial charge in [-0.05, 0) is 18.2 Å². The van der Waals surface area contributed by atoms with Crippen LogP contribution in [0.2, 0.25) is 5.02 Å². The third-order valence-corrected chi connectivity index (χ3v) is 2.44. The smallest absolute Gasteiger partial charge is 0.257 e. The maximum Gasteiger partial charge on any atom is 0.257 e. The van der Waals surface area contributed by atoms with Crippen LogP contribution in [0.5, 0.6) is 5.75 Å². The molecule has 2 N–H and O–H groups in total. The summed E-state index contributed by atoms with van der Waals surface area (Å²) in [6.07, 6.45) is -2.72. The molecule has 100 valence electrons. The Morgan fingerprint density at radius 2 is 2.11 bits per heavy atom. The van der Waals surface area contributed by atoms with Gasteiger partial charge in [-0.2, -0.15) is 0 Å². The molecule has 1 amide bonds. The Bertz CT molecular complexity index is 429. The third-order valence-electron chi connectivity index (χ3n) is 2.20. The second kappa shape index (κ2) is 6.51. The van der Waals surface area contributed by atoms with Gasteiger partial charge in [0.15, 0.2) is 0 Å². The number of phenolic OH excluding ortho intramolecular Hbond substituents is 1. The van der Waals surface area contributed by atoms with Gasteiger partial charge in [-0.25, -0.2) is 8.78 Å². The van der Waals surface area contributed by atoms with Crippen LogP contribution < -0.4 is 0 Å². The van der Waals surface area contributed by atoms with Crippen LogP contribution >= 0.6 is 11.6 Å². The number of alkyl halides is 2. The Balaban J connectivity index is 2.97. The number of aliphatic hydroxyl groups is 1. The van der Waals surface area contributed by atoms with Crippen LogP contribution in [0.15, 0.2) is 18.2 Å². The van der Waals surface area contributed by atoms with Crippen molar-refractivity contribution in [2.75, 3.05) is 19.7 Å². The molecule has 0 aliphatic rings. The van der Waals surface area contributed by atoms with Crippen molar-refractivity contribution in [3.05, 3.63) is 28.8 Å². The van der Waals surface area contributed by atoms with E-state index in [1.165, 1.54) is 18.2 Å². The molecule has 0 saturated heterocycles. The minimum Gasteiger partial charge on any atom is -0.507 e. The summed E-state index contributed by atoms with van der Waals surface area (Å²) in [6, 6.07) is 3.77. The summed E-state index contributed by atoms with van der Waals surface area (Å²) in [4.78, 5) is 12.7. The number of hydrogen-bond acceptors (Lipinski definition) is 3. The summed E-state index contributed by atoms with van der Waals surface area (Å²) in [7, 11) is 0. The Morgan fingerprint density at radius 3 is 2.67 bits per heavy atom. The topological polar surface area (TPSA) is 60.8 Å². The highest BCUT2D eigenvalue weighted by Gasteiger charge is 2.21. The van der Waals surface area contributed by atoms with E-state index in [1.807, 2.05) is 0 Å². The molecule has 0 aliphatic heterocycles. The molecule has 4 nitrogen and oxygen atoms in total. The van der Waals surface area contributed by atoms with E-state index in [4.69, 9.17) is 16.7 Å². The number of carbonyl (C=O) groups is 1. The van der Waals surface area contributed by atoms with Crippen molar-refractivity contribution in [1.82, 2.24) is 4.90 Å². The van der Waals surface area contributed by atoms with E-state index in [0.717, 1.165) is 4.90 Å². The molecule has 0 aromatic heterocycles. The Morgan fingerprint density at radius 1 is 1.44 bits per heavy atom. The lowest BCUT2D eigenvalue weighted by atomic mass is 10.1. The van der Waals surface area contributed by atoms with Gasteiger partial charge >= 0.3 is 0 Å².